The van der Waals surface area contributed by atoms with Gasteiger partial charge in [0.25, 0.3) is 0 Å². The largest absolute Gasteiger partial charge is 0.346 e. The molecular weight excluding hydrogens is 250 g/mol. The van der Waals surface area contributed by atoms with Crippen LogP contribution < -0.4 is 4.90 Å². The first kappa shape index (κ1) is 14.7. The molecule has 0 aliphatic carbocycles. The highest BCUT2D eigenvalue weighted by molar-refractivity contribution is 5.44. The number of ether oxygens (including phenoxy) is 1. The van der Waals surface area contributed by atoms with Crippen molar-refractivity contribution in [3.05, 3.63) is 41.9 Å². The maximum absolute atomic E-state index is 6.21. The van der Waals surface area contributed by atoms with Gasteiger partial charge in [0.15, 0.2) is 0 Å². The van der Waals surface area contributed by atoms with Crippen LogP contribution in [0.25, 0.3) is 0 Å². The molecule has 0 aromatic carbocycles. The molecule has 20 heavy (non-hydrogen) atoms. The van der Waals surface area contributed by atoms with Crippen LogP contribution in [0.3, 0.4) is 0 Å². The topological polar surface area (TPSA) is 38.2 Å². The molecule has 1 aliphatic heterocycles. The van der Waals surface area contributed by atoms with E-state index in [1.165, 1.54) is 5.57 Å². The van der Waals surface area contributed by atoms with Crippen molar-refractivity contribution in [1.82, 2.24) is 9.97 Å². The molecule has 2 rings (SSSR count). The Morgan fingerprint density at radius 1 is 1.40 bits per heavy atom. The third-order valence-corrected chi connectivity index (χ3v) is 3.56. The highest BCUT2D eigenvalue weighted by atomic mass is 16.5. The molecule has 0 spiro atoms. The van der Waals surface area contributed by atoms with Gasteiger partial charge in [-0.3, -0.25) is 0 Å². The Hall–Kier alpha value is -1.68. The minimum atomic E-state index is -0.374. The summed E-state index contributed by atoms with van der Waals surface area (Å²) in [6, 6.07) is 2.00. The minimum absolute atomic E-state index is 0.0708. The predicted molar refractivity (Wildman–Crippen MR) is 81.6 cm³/mol. The van der Waals surface area contributed by atoms with Crippen LogP contribution in [-0.4, -0.2) is 28.3 Å². The number of hydrogen-bond donors (Lipinski definition) is 0. The lowest BCUT2D eigenvalue weighted by molar-refractivity contribution is 0.00375. The molecular formula is C16H23N3O. The van der Waals surface area contributed by atoms with E-state index < -0.39 is 0 Å². The van der Waals surface area contributed by atoms with Crippen molar-refractivity contribution in [3.8, 4) is 0 Å². The van der Waals surface area contributed by atoms with Crippen LogP contribution in [0.5, 0.6) is 0 Å². The Labute approximate surface area is 121 Å². The molecule has 4 heteroatoms. The first-order valence-electron chi connectivity index (χ1n) is 7.01. The number of aryl methyl sites for hydroxylation is 1. The second-order valence-corrected chi connectivity index (χ2v) is 5.47. The van der Waals surface area contributed by atoms with Gasteiger partial charge < -0.3 is 9.64 Å². The Morgan fingerprint density at radius 3 is 2.75 bits per heavy atom. The fourth-order valence-corrected chi connectivity index (χ4v) is 2.55. The molecule has 0 radical (unpaired) electrons. The third-order valence-electron chi connectivity index (χ3n) is 3.56. The Balaban J connectivity index is 2.28. The van der Waals surface area contributed by atoms with E-state index in [0.717, 1.165) is 18.1 Å². The molecule has 0 N–H and O–H groups in total. The molecule has 1 saturated heterocycles. The molecule has 1 fully saturated rings. The van der Waals surface area contributed by atoms with Gasteiger partial charge in [-0.1, -0.05) is 18.2 Å². The fourth-order valence-electron chi connectivity index (χ4n) is 2.55. The van der Waals surface area contributed by atoms with E-state index in [4.69, 9.17) is 4.74 Å². The standard InChI is InChI=1S/C16H23N3O/c1-6-8-13(7-2)14-10-19(16(4,5)20-14)15-9-12(3)17-11-18-15/h6-9,11,14H,10H2,1-5H3/b8-6-,13-7+. The van der Waals surface area contributed by atoms with Gasteiger partial charge in [-0.15, -0.1) is 0 Å². The van der Waals surface area contributed by atoms with E-state index in [1.54, 1.807) is 6.33 Å². The summed E-state index contributed by atoms with van der Waals surface area (Å²) in [7, 11) is 0. The first-order chi connectivity index (χ1) is 9.47. The smallest absolute Gasteiger partial charge is 0.137 e. The lowest BCUT2D eigenvalue weighted by Crippen LogP contribution is -2.39. The monoisotopic (exact) mass is 273 g/mol. The van der Waals surface area contributed by atoms with Gasteiger partial charge in [0, 0.05) is 11.8 Å². The van der Waals surface area contributed by atoms with Crippen LogP contribution in [0.4, 0.5) is 5.82 Å². The number of anilines is 1. The maximum Gasteiger partial charge on any atom is 0.137 e. The molecule has 2 heterocycles. The van der Waals surface area contributed by atoms with E-state index in [0.29, 0.717) is 0 Å². The molecule has 1 atom stereocenters. The second-order valence-electron chi connectivity index (χ2n) is 5.47. The summed E-state index contributed by atoms with van der Waals surface area (Å²) < 4.78 is 6.21. The van der Waals surface area contributed by atoms with Crippen molar-refractivity contribution in [2.24, 2.45) is 0 Å². The quantitative estimate of drug-likeness (QED) is 0.792. The summed E-state index contributed by atoms with van der Waals surface area (Å²) in [6.07, 6.45) is 7.94. The zero-order valence-electron chi connectivity index (χ0n) is 12.9. The summed E-state index contributed by atoms with van der Waals surface area (Å²) in [5.41, 5.74) is 1.80. The van der Waals surface area contributed by atoms with Gasteiger partial charge in [0.1, 0.15) is 24.0 Å². The third kappa shape index (κ3) is 2.90. The average molecular weight is 273 g/mol. The van der Waals surface area contributed by atoms with Gasteiger partial charge in [-0.2, -0.15) is 0 Å². The Kier molecular flexibility index (Phi) is 4.23. The lowest BCUT2D eigenvalue weighted by Gasteiger charge is -2.30. The van der Waals surface area contributed by atoms with E-state index in [9.17, 15) is 0 Å². The fraction of sp³-hybridized carbons (Fsp3) is 0.500. The van der Waals surface area contributed by atoms with E-state index in [2.05, 4.69) is 40.9 Å². The van der Waals surface area contributed by atoms with Gasteiger partial charge in [0.05, 0.1) is 6.54 Å². The van der Waals surface area contributed by atoms with E-state index in [-0.39, 0.29) is 11.8 Å². The van der Waals surface area contributed by atoms with Crippen molar-refractivity contribution in [2.45, 2.75) is 46.4 Å². The molecule has 0 bridgehead atoms. The summed E-state index contributed by atoms with van der Waals surface area (Å²) in [5, 5.41) is 0. The summed E-state index contributed by atoms with van der Waals surface area (Å²) in [5.74, 6) is 0.918. The number of hydrogen-bond acceptors (Lipinski definition) is 4. The van der Waals surface area contributed by atoms with Gasteiger partial charge in [0.2, 0.25) is 0 Å². The first-order valence-corrected chi connectivity index (χ1v) is 7.01. The molecule has 1 aromatic heterocycles. The van der Waals surface area contributed by atoms with Crippen LogP contribution in [0.15, 0.2) is 36.2 Å². The molecule has 1 unspecified atom stereocenters. The molecule has 1 aromatic rings. The van der Waals surface area contributed by atoms with Crippen LogP contribution in [-0.2, 0) is 4.74 Å². The number of rotatable bonds is 3. The maximum atomic E-state index is 6.21. The van der Waals surface area contributed by atoms with Crippen LogP contribution in [0.2, 0.25) is 0 Å². The van der Waals surface area contributed by atoms with Crippen molar-refractivity contribution >= 4 is 5.82 Å². The molecule has 0 saturated carbocycles. The second kappa shape index (κ2) is 5.75. The highest BCUT2D eigenvalue weighted by Crippen LogP contribution is 2.33. The summed E-state index contributed by atoms with van der Waals surface area (Å²) >= 11 is 0. The molecule has 0 amide bonds. The SMILES string of the molecule is C/C=C\C(=C/C)C1CN(c2cc(C)ncn2)C(C)(C)O1. The van der Waals surface area contributed by atoms with Crippen LogP contribution >= 0.6 is 0 Å². The van der Waals surface area contributed by atoms with Gasteiger partial charge >= 0.3 is 0 Å². The van der Waals surface area contributed by atoms with Crippen molar-refractivity contribution in [1.29, 1.82) is 0 Å². The minimum Gasteiger partial charge on any atom is -0.346 e. The molecule has 1 aliphatic rings. The van der Waals surface area contributed by atoms with Gasteiger partial charge in [-0.05, 0) is 40.2 Å². The van der Waals surface area contributed by atoms with E-state index in [1.807, 2.05) is 32.9 Å². The zero-order chi connectivity index (χ0) is 14.8. The Morgan fingerprint density at radius 2 is 2.15 bits per heavy atom. The molecule has 4 nitrogen and oxygen atoms in total. The van der Waals surface area contributed by atoms with Gasteiger partial charge in [-0.25, -0.2) is 9.97 Å². The predicted octanol–water partition coefficient (Wildman–Crippen LogP) is 3.25. The van der Waals surface area contributed by atoms with Crippen molar-refractivity contribution in [2.75, 3.05) is 11.4 Å². The summed E-state index contributed by atoms with van der Waals surface area (Å²) in [6.45, 7) is 11.0. The lowest BCUT2D eigenvalue weighted by atomic mass is 10.1. The molecule has 108 valence electrons. The van der Waals surface area contributed by atoms with Crippen molar-refractivity contribution in [3.63, 3.8) is 0 Å². The Bertz CT molecular complexity index is 534. The van der Waals surface area contributed by atoms with Crippen LogP contribution in [0, 0.1) is 6.92 Å². The normalized spacial score (nSPS) is 22.8. The number of nitrogens with zero attached hydrogens (tertiary/aromatic N) is 3. The highest BCUT2D eigenvalue weighted by Gasteiger charge is 2.40. The average Bonchev–Trinajstić information content (AvgIpc) is 2.71. The zero-order valence-corrected chi connectivity index (χ0v) is 12.9. The van der Waals surface area contributed by atoms with E-state index >= 15 is 0 Å². The summed E-state index contributed by atoms with van der Waals surface area (Å²) in [4.78, 5) is 10.7. The van der Waals surface area contributed by atoms with Crippen molar-refractivity contribution < 1.29 is 4.74 Å². The number of aromatic nitrogens is 2. The number of allylic oxidation sites excluding steroid dienone is 2. The van der Waals surface area contributed by atoms with Crippen LogP contribution in [0.1, 0.15) is 33.4 Å².